The van der Waals surface area contributed by atoms with E-state index in [0.29, 0.717) is 93.1 Å². The summed E-state index contributed by atoms with van der Waals surface area (Å²) in [6, 6.07) is 45.0. The number of ether oxygens (including phenoxy) is 1. The number of para-hydroxylation sites is 4. The van der Waals surface area contributed by atoms with Crippen LogP contribution in [0.5, 0.6) is 0 Å². The number of hydrogen-bond acceptors (Lipinski definition) is 21. The molecule has 12 N–H and O–H groups in total. The summed E-state index contributed by atoms with van der Waals surface area (Å²) in [5.74, 6) is 5.56. The number of nitrogens with two attached hydrogens (primary N) is 2. The van der Waals surface area contributed by atoms with Gasteiger partial charge in [0.15, 0.2) is 0 Å². The summed E-state index contributed by atoms with van der Waals surface area (Å²) in [5.41, 5.74) is 18.2. The van der Waals surface area contributed by atoms with Crippen molar-refractivity contribution in [3.8, 4) is 0 Å². The van der Waals surface area contributed by atoms with E-state index in [1.165, 1.54) is 74.8 Å². The van der Waals surface area contributed by atoms with Gasteiger partial charge in [-0.2, -0.15) is 13.2 Å². The molecule has 6 aliphatic carbocycles. The van der Waals surface area contributed by atoms with E-state index < -0.39 is 11.7 Å². The number of likely N-dealkylation sites (N-methyl/N-ethyl adjacent to an activating group) is 2. The Labute approximate surface area is 735 Å². The van der Waals surface area contributed by atoms with Crippen LogP contribution in [0, 0.1) is 28.6 Å². The maximum atomic E-state index is 13.4. The number of guanidine groups is 2. The smallest absolute Gasteiger partial charge is 0.383 e. The minimum absolute atomic E-state index is 0.0931. The normalized spacial score (nSPS) is 24.0. The van der Waals surface area contributed by atoms with Crippen LogP contribution in [0.15, 0.2) is 208 Å². The van der Waals surface area contributed by atoms with E-state index >= 15 is 0 Å². The van der Waals surface area contributed by atoms with E-state index in [2.05, 4.69) is 51.7 Å². The number of fused-ring (bicyclic) bond motifs is 12. The maximum absolute atomic E-state index is 13.4. The van der Waals surface area contributed by atoms with Crippen LogP contribution in [0.2, 0.25) is 0 Å². The van der Waals surface area contributed by atoms with Crippen LogP contribution in [-0.4, -0.2) is 163 Å². The predicted molar refractivity (Wildman–Crippen MR) is 484 cm³/mol. The van der Waals surface area contributed by atoms with E-state index in [1.54, 1.807) is 54.4 Å². The molecule has 0 radical (unpaired) electrons. The number of nitrogens with zero attached hydrogens (tertiary/aromatic N) is 14. The fourth-order valence-electron chi connectivity index (χ4n) is 20.6. The third-order valence-corrected chi connectivity index (χ3v) is 27.4. The second-order valence-corrected chi connectivity index (χ2v) is 35.6. The first-order valence-electron chi connectivity index (χ1n) is 45.5. The number of nitrogens with one attached hydrogen (secondary N) is 8. The highest BCUT2D eigenvalue weighted by Gasteiger charge is 2.51. The number of rotatable bonds is 21. The number of halogens is 3. The average Bonchev–Trinajstić information content (AvgIpc) is 1.61. The van der Waals surface area contributed by atoms with Gasteiger partial charge >= 0.3 is 6.18 Å². The molecule has 5 aromatic carbocycles. The number of benzene rings is 5. The first kappa shape index (κ1) is 86.8. The third-order valence-electron chi connectivity index (χ3n) is 27.4. The summed E-state index contributed by atoms with van der Waals surface area (Å²) >= 11 is 0. The van der Waals surface area contributed by atoms with Crippen LogP contribution in [0.3, 0.4) is 0 Å². The number of hydrogen-bond donors (Lipinski definition) is 10. The van der Waals surface area contributed by atoms with Crippen molar-refractivity contribution in [1.82, 2.24) is 59.1 Å². The minimum atomic E-state index is -4.37. The Morgan fingerprint density at radius 2 is 0.835 bits per heavy atom. The Bertz CT molecular complexity index is 5970. The van der Waals surface area contributed by atoms with Crippen molar-refractivity contribution in [3.63, 3.8) is 0 Å². The number of amides is 2. The van der Waals surface area contributed by atoms with Crippen LogP contribution < -0.4 is 87.1 Å². The Kier molecular flexibility index (Phi) is 26.0. The van der Waals surface area contributed by atoms with Gasteiger partial charge in [-0.05, 0) is 206 Å². The van der Waals surface area contributed by atoms with Gasteiger partial charge in [-0.15, -0.1) is 0 Å². The average molecular weight is 1730 g/mol. The lowest BCUT2D eigenvalue weighted by atomic mass is 10.0. The van der Waals surface area contributed by atoms with E-state index in [4.69, 9.17) is 47.0 Å². The van der Waals surface area contributed by atoms with Gasteiger partial charge in [0.05, 0.1) is 65.3 Å². The minimum Gasteiger partial charge on any atom is -0.383 e. The van der Waals surface area contributed by atoms with E-state index in [-0.39, 0.29) is 93.4 Å². The Morgan fingerprint density at radius 1 is 0.457 bits per heavy atom. The van der Waals surface area contributed by atoms with Crippen LogP contribution in [0.1, 0.15) is 164 Å². The third kappa shape index (κ3) is 18.2. The molecule has 2 amide bonds. The van der Waals surface area contributed by atoms with Gasteiger partial charge in [-0.25, -0.2) is 30.0 Å². The molecule has 7 aromatic rings. The Balaban J connectivity index is 0.000000120. The van der Waals surface area contributed by atoms with Crippen molar-refractivity contribution in [2.24, 2.45) is 73.3 Å². The fourth-order valence-corrected chi connectivity index (χ4v) is 20.6. The summed E-state index contributed by atoms with van der Waals surface area (Å²) in [6.45, 7) is 4.35. The number of aromatic nitrogens is 4. The molecule has 0 bridgehead atoms. The molecule has 6 saturated carbocycles. The second-order valence-electron chi connectivity index (χ2n) is 35.6. The standard InChI is InChI=1S/C26H27F3N6O.C23H30N6O2.2C23H30N6O/c1-34-24(36)21(22(30)32-18-6-3-2-4-7-18)23(35-20-9-5-8-19(20)33-25(34)35)31-15-14-16-10-12-17(13-11-16)26(27,28)29;1-28-22(30)19(20(24)29-18-9-5-8-17(18)27-23(28)29)21(26-16-6-3-2-4-7-16)25-14-15-10-12-31-13-11-15;1-28-22(30)19(20(24)29-18-13-7-12-17(18)27-23(28)29)21(25-14-15-8-5-6-9-15)26-16-10-3-2-4-11-16;1-28-22(30)19(20(24)26-16-10-3-2-4-11-16)21(25-14-15-8-5-6-9-15)29-18-13-7-12-17(18)27-23(28)29/h2-4,6-7,10-13,19-20,31H,5,8-9,14-15H2,1H3,(H2,30,32);2-4,6-7,15,17-18,24-26H,5,8-14H2,1H3;2-4,10-11,15,17-18,24-26H,5-9,12-14H2,1H3;2-4,10-11,15,17-18,25H,5-9,12-14H2,1H3,(H2,24,26)/b;2*21-19-,24-20?;/t19-,20+;3*17-,18+/m1111/s1. The summed E-state index contributed by atoms with van der Waals surface area (Å²) in [6.07, 6.45) is 20.7. The topological polar surface area (TPSA) is 356 Å². The molecule has 7 fully saturated rings. The van der Waals surface area contributed by atoms with Gasteiger partial charge in [0.1, 0.15) is 67.5 Å². The molecule has 668 valence electrons. The van der Waals surface area contributed by atoms with Gasteiger partial charge in [0, 0.05) is 79.0 Å². The van der Waals surface area contributed by atoms with E-state index in [0.717, 1.165) is 163 Å². The maximum Gasteiger partial charge on any atom is 0.416 e. The van der Waals surface area contributed by atoms with Crippen LogP contribution in [0.25, 0.3) is 11.6 Å². The van der Waals surface area contributed by atoms with Gasteiger partial charge in [-0.3, -0.25) is 67.9 Å². The molecule has 29 nitrogen and oxygen atoms in total. The lowest BCUT2D eigenvalue weighted by Crippen LogP contribution is -2.59. The van der Waals surface area contributed by atoms with Crippen LogP contribution >= 0.6 is 0 Å². The van der Waals surface area contributed by atoms with Gasteiger partial charge < -0.3 is 48.1 Å². The molecule has 127 heavy (non-hydrogen) atoms. The molecule has 20 rings (SSSR count). The monoisotopic (exact) mass is 1730 g/mol. The molecule has 1 saturated heterocycles. The second kappa shape index (κ2) is 38.1. The first-order chi connectivity index (χ1) is 61.6. The van der Waals surface area contributed by atoms with Crippen molar-refractivity contribution in [2.45, 2.75) is 202 Å². The predicted octanol–water partition coefficient (Wildman–Crippen LogP) is 8.47. The van der Waals surface area contributed by atoms with Crippen molar-refractivity contribution in [3.05, 3.63) is 233 Å². The lowest BCUT2D eigenvalue weighted by molar-refractivity contribution is -0.137. The molecular weight excluding hydrogens is 1610 g/mol. The number of aliphatic imine (C=N–C) groups is 4. The molecular formula is C95H117F3N24O5. The molecule has 8 atom stereocenters. The molecule has 0 unspecified atom stereocenters. The Morgan fingerprint density at radius 3 is 1.25 bits per heavy atom. The zero-order chi connectivity index (χ0) is 88.1. The van der Waals surface area contributed by atoms with Crippen molar-refractivity contribution in [1.29, 1.82) is 10.8 Å². The largest absolute Gasteiger partial charge is 0.416 e. The molecule has 13 aliphatic rings. The summed E-state index contributed by atoms with van der Waals surface area (Å²) in [4.78, 5) is 89.4. The molecule has 2 aromatic heterocycles. The number of carbonyl (C=O) groups is 2. The number of carbonyl (C=O) groups excluding carboxylic acids is 2. The first-order valence-corrected chi connectivity index (χ1v) is 45.5. The zero-order valence-electron chi connectivity index (χ0n) is 72.8. The summed E-state index contributed by atoms with van der Waals surface area (Å²) in [5, 5.41) is 39.6. The molecule has 7 aliphatic heterocycles. The van der Waals surface area contributed by atoms with Crippen LogP contribution in [0.4, 0.5) is 35.9 Å². The summed E-state index contributed by atoms with van der Waals surface area (Å²) < 4.78 is 51.3. The molecule has 9 heterocycles. The highest BCUT2D eigenvalue weighted by Crippen LogP contribution is 2.42. The van der Waals surface area contributed by atoms with E-state index in [1.807, 2.05) is 118 Å². The molecule has 32 heteroatoms. The SMILES string of the molecule is CN1C(=O)C(C(N)=Nc2ccccc2)=C(NCC2CCCC2)N2C1=N[C@@H]1CCC[C@@H]12.CN1C(=O)C(C(N)=Nc2ccccc2)=C(NCCc2ccc(C(F)(F)F)cc2)N2C1=N[C@@H]1CCC[C@@H]12.Cn1c(=O)/c(=C(/NCC2CCCC2)Nc2ccccc2)c(=N)n2c1=N[C@@H]1CCC[C@@H]12.Cn1c(=O)/c(=C(/NCC2CCOCC2)Nc2ccccc2)c(=N)n2c1=N[C@@H]1CCC[C@@H]12. The summed E-state index contributed by atoms with van der Waals surface area (Å²) in [7, 11) is 7.02. The highest BCUT2D eigenvalue weighted by molar-refractivity contribution is 6.27. The number of amidine groups is 2. The van der Waals surface area contributed by atoms with Crippen molar-refractivity contribution >= 4 is 69.8 Å². The van der Waals surface area contributed by atoms with Crippen molar-refractivity contribution in [2.75, 3.05) is 64.1 Å². The zero-order valence-corrected chi connectivity index (χ0v) is 72.8. The van der Waals surface area contributed by atoms with Crippen molar-refractivity contribution < 1.29 is 27.5 Å². The quantitative estimate of drug-likeness (QED) is 0.0238. The number of alkyl halides is 3. The van der Waals surface area contributed by atoms with Gasteiger partial charge in [0.25, 0.3) is 22.9 Å². The Hall–Kier alpha value is -12.4. The van der Waals surface area contributed by atoms with Crippen LogP contribution in [-0.2, 0) is 41.0 Å². The fraction of sp³-hybridized carbons (Fsp3) is 0.474. The van der Waals surface area contributed by atoms with Gasteiger partial charge in [-0.1, -0.05) is 111 Å². The molecule has 0 spiro atoms. The van der Waals surface area contributed by atoms with E-state index in [9.17, 15) is 32.3 Å². The lowest BCUT2D eigenvalue weighted by Gasteiger charge is -2.39. The highest BCUT2D eigenvalue weighted by atomic mass is 19.4. The number of anilines is 2. The van der Waals surface area contributed by atoms with Gasteiger partial charge in [0.2, 0.25) is 23.2 Å².